The van der Waals surface area contributed by atoms with Crippen LogP contribution in [0.5, 0.6) is 5.75 Å². The molecule has 0 aliphatic carbocycles. The smallest absolute Gasteiger partial charge is 0.419 e. The van der Waals surface area contributed by atoms with Crippen molar-refractivity contribution in [3.63, 3.8) is 0 Å². The number of amides is 1. The van der Waals surface area contributed by atoms with E-state index in [-0.39, 0.29) is 11.4 Å². The Hall–Kier alpha value is -4.46. The molecular formula is C25H22N2O6. The maximum Gasteiger partial charge on any atom is 0.419 e. The van der Waals surface area contributed by atoms with E-state index in [9.17, 15) is 24.8 Å². The highest BCUT2D eigenvalue weighted by Crippen LogP contribution is 2.26. The van der Waals surface area contributed by atoms with Crippen molar-refractivity contribution >= 4 is 29.5 Å². The summed E-state index contributed by atoms with van der Waals surface area (Å²) < 4.78 is 5.30. The molecule has 0 heterocycles. The molecule has 1 amide bonds. The van der Waals surface area contributed by atoms with E-state index in [0.29, 0.717) is 17.7 Å². The second-order valence-electron chi connectivity index (χ2n) is 7.18. The number of hydrogen-bond donors (Lipinski definition) is 1. The van der Waals surface area contributed by atoms with Crippen molar-refractivity contribution in [2.24, 2.45) is 0 Å². The average Bonchev–Trinajstić information content (AvgIpc) is 2.82. The topological polar surface area (TPSA) is 110 Å². The Balaban J connectivity index is 1.75. The highest BCUT2D eigenvalue weighted by atomic mass is 16.6. The van der Waals surface area contributed by atoms with Gasteiger partial charge in [0.25, 0.3) is 5.69 Å². The molecule has 3 aromatic rings. The van der Waals surface area contributed by atoms with Crippen molar-refractivity contribution in [1.82, 2.24) is 0 Å². The number of carboxylic acid groups (broad SMARTS) is 1. The first kappa shape index (κ1) is 23.2. The predicted octanol–water partition coefficient (Wildman–Crippen LogP) is 5.78. The Morgan fingerprint density at radius 3 is 2.27 bits per heavy atom. The van der Waals surface area contributed by atoms with Gasteiger partial charge in [0.05, 0.1) is 4.92 Å². The molecule has 0 radical (unpaired) electrons. The largest absolute Gasteiger partial charge is 0.478 e. The van der Waals surface area contributed by atoms with E-state index in [1.807, 2.05) is 42.5 Å². The predicted molar refractivity (Wildman–Crippen MR) is 125 cm³/mol. The van der Waals surface area contributed by atoms with Crippen molar-refractivity contribution in [3.05, 3.63) is 94.0 Å². The number of carboxylic acids is 1. The third-order valence-electron chi connectivity index (χ3n) is 5.00. The van der Waals surface area contributed by atoms with Crippen LogP contribution in [0.25, 0.3) is 17.2 Å². The van der Waals surface area contributed by atoms with Crippen LogP contribution in [-0.2, 0) is 4.79 Å². The highest BCUT2D eigenvalue weighted by Gasteiger charge is 2.15. The summed E-state index contributed by atoms with van der Waals surface area (Å²) in [5, 5.41) is 19.9. The molecule has 0 aromatic heterocycles. The van der Waals surface area contributed by atoms with Gasteiger partial charge in [-0.25, -0.2) is 9.59 Å². The van der Waals surface area contributed by atoms with E-state index in [4.69, 9.17) is 4.74 Å². The first-order valence-corrected chi connectivity index (χ1v) is 10.1. The van der Waals surface area contributed by atoms with Gasteiger partial charge >= 0.3 is 12.1 Å². The summed E-state index contributed by atoms with van der Waals surface area (Å²) in [4.78, 5) is 35.3. The summed E-state index contributed by atoms with van der Waals surface area (Å²) in [6.07, 6.45) is 1.44. The normalized spacial score (nSPS) is 11.0. The minimum absolute atomic E-state index is 0.0914. The number of carbonyl (C=O) groups excluding carboxylic acids is 1. The molecule has 0 aliphatic heterocycles. The number of aliphatic carboxylic acids is 1. The van der Waals surface area contributed by atoms with Crippen molar-refractivity contribution < 1.29 is 24.4 Å². The monoisotopic (exact) mass is 446 g/mol. The van der Waals surface area contributed by atoms with E-state index in [0.717, 1.165) is 16.7 Å². The van der Waals surface area contributed by atoms with Gasteiger partial charge in [0, 0.05) is 30.4 Å². The Morgan fingerprint density at radius 2 is 1.70 bits per heavy atom. The molecule has 3 aromatic carbocycles. The maximum absolute atomic E-state index is 12.5. The lowest BCUT2D eigenvalue weighted by Gasteiger charge is -2.18. The fraction of sp³-hybridized carbons (Fsp3) is 0.120. The van der Waals surface area contributed by atoms with Crippen molar-refractivity contribution in [2.75, 3.05) is 11.9 Å². The van der Waals surface area contributed by atoms with E-state index < -0.39 is 17.0 Å². The van der Waals surface area contributed by atoms with Crippen molar-refractivity contribution in [1.29, 1.82) is 0 Å². The van der Waals surface area contributed by atoms with Gasteiger partial charge in [0.15, 0.2) is 0 Å². The van der Waals surface area contributed by atoms with E-state index in [2.05, 4.69) is 0 Å². The molecule has 0 unspecified atom stereocenters. The lowest BCUT2D eigenvalue weighted by molar-refractivity contribution is -0.384. The van der Waals surface area contributed by atoms with Gasteiger partial charge in [-0.1, -0.05) is 43.3 Å². The average molecular weight is 446 g/mol. The van der Waals surface area contributed by atoms with E-state index in [1.165, 1.54) is 29.2 Å². The summed E-state index contributed by atoms with van der Waals surface area (Å²) in [5.74, 6) is -0.733. The molecule has 0 atom stereocenters. The molecule has 168 valence electrons. The lowest BCUT2D eigenvalue weighted by Crippen LogP contribution is -2.29. The zero-order valence-electron chi connectivity index (χ0n) is 18.1. The number of hydrogen-bond acceptors (Lipinski definition) is 5. The summed E-state index contributed by atoms with van der Waals surface area (Å²) in [6.45, 7) is 1.79. The summed E-state index contributed by atoms with van der Waals surface area (Å²) in [6, 6.07) is 20.0. The highest BCUT2D eigenvalue weighted by molar-refractivity contribution is 5.92. The van der Waals surface area contributed by atoms with Crippen LogP contribution in [-0.4, -0.2) is 29.1 Å². The molecule has 0 aliphatic rings. The molecule has 1 N–H and O–H groups in total. The molecule has 0 fully saturated rings. The van der Waals surface area contributed by atoms with E-state index >= 15 is 0 Å². The van der Waals surface area contributed by atoms with E-state index in [1.54, 1.807) is 26.1 Å². The number of benzene rings is 3. The number of non-ortho nitro benzene ring substituents is 1. The molecule has 0 saturated heterocycles. The van der Waals surface area contributed by atoms with Crippen LogP contribution in [0.4, 0.5) is 16.2 Å². The summed E-state index contributed by atoms with van der Waals surface area (Å²) in [7, 11) is 1.57. The minimum atomic E-state index is -0.932. The number of anilines is 1. The SMILES string of the molecule is CCC(=Cc1ccc(-c2cccc(N(C)C(=O)Oc3ccc([N+](=O)[O-])cc3)c2)cc1)C(=O)O. The molecule has 0 saturated carbocycles. The van der Waals surface area contributed by atoms with Crippen molar-refractivity contribution in [2.45, 2.75) is 13.3 Å². The number of nitro benzene ring substituents is 1. The van der Waals surface area contributed by atoms with Crippen molar-refractivity contribution in [3.8, 4) is 16.9 Å². The third kappa shape index (κ3) is 5.82. The second-order valence-corrected chi connectivity index (χ2v) is 7.18. The third-order valence-corrected chi connectivity index (χ3v) is 5.00. The van der Waals surface area contributed by atoms with Crippen LogP contribution in [0.2, 0.25) is 0 Å². The standard InChI is InChI=1S/C25H22N2O6/c1-3-18(24(28)29)15-17-7-9-19(10-8-17)20-5-4-6-22(16-20)26(2)25(30)33-23-13-11-21(12-14-23)27(31)32/h4-16H,3H2,1-2H3,(H,28,29). The number of nitro groups is 1. The van der Waals surface area contributed by atoms with Gasteiger partial charge in [0.2, 0.25) is 0 Å². The quantitative estimate of drug-likeness (QED) is 0.280. The Kier molecular flexibility index (Phi) is 7.20. The number of carbonyl (C=O) groups is 2. The van der Waals surface area contributed by atoms with Gasteiger partial charge in [-0.3, -0.25) is 15.0 Å². The zero-order chi connectivity index (χ0) is 24.0. The van der Waals surface area contributed by atoms with Crippen LogP contribution in [0, 0.1) is 10.1 Å². The number of ether oxygens (including phenoxy) is 1. The van der Waals surface area contributed by atoms with Crippen LogP contribution in [0.15, 0.2) is 78.4 Å². The molecule has 8 heteroatoms. The van der Waals surface area contributed by atoms with Crippen LogP contribution in [0.3, 0.4) is 0 Å². The molecule has 33 heavy (non-hydrogen) atoms. The molecule has 3 rings (SSSR count). The van der Waals surface area contributed by atoms with Crippen LogP contribution < -0.4 is 9.64 Å². The summed E-state index contributed by atoms with van der Waals surface area (Å²) in [5.41, 5.74) is 3.40. The van der Waals surface area contributed by atoms with Gasteiger partial charge in [-0.05, 0) is 53.5 Å². The van der Waals surface area contributed by atoms with Gasteiger partial charge in [-0.15, -0.1) is 0 Å². The Morgan fingerprint density at radius 1 is 1.03 bits per heavy atom. The molecule has 8 nitrogen and oxygen atoms in total. The van der Waals surface area contributed by atoms with Crippen LogP contribution in [0.1, 0.15) is 18.9 Å². The number of nitrogens with zero attached hydrogens (tertiary/aromatic N) is 2. The van der Waals surface area contributed by atoms with Crippen LogP contribution >= 0.6 is 0 Å². The zero-order valence-corrected chi connectivity index (χ0v) is 18.1. The first-order valence-electron chi connectivity index (χ1n) is 10.1. The minimum Gasteiger partial charge on any atom is -0.478 e. The molecular weight excluding hydrogens is 424 g/mol. The fourth-order valence-corrected chi connectivity index (χ4v) is 3.09. The molecule has 0 spiro atoms. The Labute approximate surface area is 190 Å². The second kappa shape index (κ2) is 10.2. The van der Waals surface area contributed by atoms with Gasteiger partial charge in [0.1, 0.15) is 5.75 Å². The first-order chi connectivity index (χ1) is 15.8. The fourth-order valence-electron chi connectivity index (χ4n) is 3.09. The summed E-state index contributed by atoms with van der Waals surface area (Å²) >= 11 is 0. The molecule has 0 bridgehead atoms. The maximum atomic E-state index is 12.5. The number of rotatable bonds is 7. The van der Waals surface area contributed by atoms with Gasteiger partial charge in [-0.2, -0.15) is 0 Å². The van der Waals surface area contributed by atoms with Gasteiger partial charge < -0.3 is 9.84 Å². The lowest BCUT2D eigenvalue weighted by atomic mass is 10.0. The Bertz CT molecular complexity index is 1200.